The number of aryl methyl sites for hydroxylation is 2. The standard InChI is InChI=1S/C24H26N4O2/c1-3-19-14-22(26-16(2)25-19)27-23(29)18-10-7-13-28(15-18)24(30)21-12-6-9-17-8-4-5-11-20(17)21/h4-6,8-9,11-12,14,18H,3,7,10,13,15H2,1-2H3,(H,25,26,27,29)/t18-/m0/s1. The Morgan fingerprint density at radius 3 is 2.77 bits per heavy atom. The van der Waals surface area contributed by atoms with Crippen LogP contribution in [0.2, 0.25) is 0 Å². The van der Waals surface area contributed by atoms with E-state index in [4.69, 9.17) is 0 Å². The normalized spacial score (nSPS) is 16.5. The van der Waals surface area contributed by atoms with Crippen LogP contribution >= 0.6 is 0 Å². The molecule has 0 saturated carbocycles. The average Bonchev–Trinajstić information content (AvgIpc) is 2.77. The van der Waals surface area contributed by atoms with Gasteiger partial charge >= 0.3 is 0 Å². The van der Waals surface area contributed by atoms with Crippen LogP contribution in [0, 0.1) is 12.8 Å². The van der Waals surface area contributed by atoms with Crippen LogP contribution in [0.25, 0.3) is 10.8 Å². The Morgan fingerprint density at radius 2 is 1.93 bits per heavy atom. The largest absolute Gasteiger partial charge is 0.338 e. The lowest BCUT2D eigenvalue weighted by molar-refractivity contribution is -0.121. The fourth-order valence-corrected chi connectivity index (χ4v) is 4.06. The lowest BCUT2D eigenvalue weighted by atomic mass is 9.95. The third-order valence-corrected chi connectivity index (χ3v) is 5.60. The minimum Gasteiger partial charge on any atom is -0.338 e. The second-order valence-electron chi connectivity index (χ2n) is 7.75. The van der Waals surface area contributed by atoms with Crippen LogP contribution in [0.3, 0.4) is 0 Å². The molecule has 1 aromatic heterocycles. The van der Waals surface area contributed by atoms with Gasteiger partial charge in [-0.25, -0.2) is 9.97 Å². The highest BCUT2D eigenvalue weighted by Gasteiger charge is 2.29. The molecule has 0 bridgehead atoms. The first-order valence-electron chi connectivity index (χ1n) is 10.5. The van der Waals surface area contributed by atoms with E-state index in [1.54, 1.807) is 4.90 Å². The summed E-state index contributed by atoms with van der Waals surface area (Å²) in [6.07, 6.45) is 2.34. The average molecular weight is 402 g/mol. The zero-order chi connectivity index (χ0) is 21.1. The molecule has 3 aromatic rings. The van der Waals surface area contributed by atoms with Crippen molar-refractivity contribution in [3.8, 4) is 0 Å². The second kappa shape index (κ2) is 8.61. The molecule has 1 aliphatic heterocycles. The molecule has 1 N–H and O–H groups in total. The van der Waals surface area contributed by atoms with Gasteiger partial charge in [0.1, 0.15) is 11.6 Å². The third-order valence-electron chi connectivity index (χ3n) is 5.60. The van der Waals surface area contributed by atoms with Gasteiger partial charge < -0.3 is 10.2 Å². The molecule has 1 atom stereocenters. The zero-order valence-electron chi connectivity index (χ0n) is 17.4. The quantitative estimate of drug-likeness (QED) is 0.716. The van der Waals surface area contributed by atoms with Crippen LogP contribution in [-0.4, -0.2) is 39.8 Å². The maximum atomic E-state index is 13.2. The number of carbonyl (C=O) groups is 2. The highest BCUT2D eigenvalue weighted by Crippen LogP contribution is 2.24. The first-order chi connectivity index (χ1) is 14.5. The van der Waals surface area contributed by atoms with E-state index in [0.717, 1.165) is 35.7 Å². The summed E-state index contributed by atoms with van der Waals surface area (Å²) in [7, 11) is 0. The van der Waals surface area contributed by atoms with Crippen molar-refractivity contribution in [1.29, 1.82) is 0 Å². The number of benzene rings is 2. The number of anilines is 1. The number of amides is 2. The number of nitrogens with one attached hydrogen (secondary N) is 1. The second-order valence-corrected chi connectivity index (χ2v) is 7.75. The van der Waals surface area contributed by atoms with Crippen molar-refractivity contribution in [3.05, 3.63) is 65.6 Å². The molecule has 0 aliphatic carbocycles. The topological polar surface area (TPSA) is 75.2 Å². The fraction of sp³-hybridized carbons (Fsp3) is 0.333. The summed E-state index contributed by atoms with van der Waals surface area (Å²) in [5.74, 6) is 0.807. The number of aromatic nitrogens is 2. The molecule has 1 fully saturated rings. The minimum absolute atomic E-state index is 0.0181. The molecular weight excluding hydrogens is 376 g/mol. The smallest absolute Gasteiger partial charge is 0.254 e. The summed E-state index contributed by atoms with van der Waals surface area (Å²) in [5.41, 5.74) is 1.59. The zero-order valence-corrected chi connectivity index (χ0v) is 17.4. The molecule has 6 nitrogen and oxygen atoms in total. The Labute approximate surface area is 176 Å². The van der Waals surface area contributed by atoms with Gasteiger partial charge in [0.2, 0.25) is 5.91 Å². The van der Waals surface area contributed by atoms with Crippen molar-refractivity contribution >= 4 is 28.4 Å². The monoisotopic (exact) mass is 402 g/mol. The fourth-order valence-electron chi connectivity index (χ4n) is 4.06. The molecule has 30 heavy (non-hydrogen) atoms. The molecule has 2 amide bonds. The van der Waals surface area contributed by atoms with E-state index < -0.39 is 0 Å². The van der Waals surface area contributed by atoms with Gasteiger partial charge in [0.15, 0.2) is 0 Å². The molecule has 4 rings (SSSR count). The summed E-state index contributed by atoms with van der Waals surface area (Å²) in [4.78, 5) is 36.6. The van der Waals surface area contributed by atoms with Crippen LogP contribution in [0.15, 0.2) is 48.5 Å². The van der Waals surface area contributed by atoms with Crippen LogP contribution in [0.5, 0.6) is 0 Å². The van der Waals surface area contributed by atoms with Gasteiger partial charge in [0.05, 0.1) is 5.92 Å². The van der Waals surface area contributed by atoms with E-state index in [0.29, 0.717) is 30.3 Å². The van der Waals surface area contributed by atoms with Gasteiger partial charge in [-0.2, -0.15) is 0 Å². The Kier molecular flexibility index (Phi) is 5.74. The maximum absolute atomic E-state index is 13.2. The van der Waals surface area contributed by atoms with Crippen molar-refractivity contribution in [3.63, 3.8) is 0 Å². The van der Waals surface area contributed by atoms with E-state index in [2.05, 4.69) is 15.3 Å². The molecule has 1 saturated heterocycles. The highest BCUT2D eigenvalue weighted by molar-refractivity contribution is 6.07. The molecule has 0 unspecified atom stereocenters. The third kappa shape index (κ3) is 4.17. The molecule has 2 heterocycles. The van der Waals surface area contributed by atoms with Crippen molar-refractivity contribution < 1.29 is 9.59 Å². The lowest BCUT2D eigenvalue weighted by Gasteiger charge is -2.32. The number of fused-ring (bicyclic) bond motifs is 1. The van der Waals surface area contributed by atoms with E-state index in [9.17, 15) is 9.59 Å². The SMILES string of the molecule is CCc1cc(NC(=O)[C@H]2CCCN(C(=O)c3cccc4ccccc34)C2)nc(C)n1. The number of hydrogen-bond donors (Lipinski definition) is 1. The van der Waals surface area contributed by atoms with Crippen LogP contribution in [-0.2, 0) is 11.2 Å². The first kappa shape index (κ1) is 20.0. The number of hydrogen-bond acceptors (Lipinski definition) is 4. The van der Waals surface area contributed by atoms with Crippen LogP contribution in [0.1, 0.15) is 41.6 Å². The molecule has 0 spiro atoms. The van der Waals surface area contributed by atoms with Crippen LogP contribution < -0.4 is 5.32 Å². The Hall–Kier alpha value is -3.28. The van der Waals surface area contributed by atoms with E-state index in [-0.39, 0.29) is 17.7 Å². The first-order valence-corrected chi connectivity index (χ1v) is 10.5. The number of carbonyl (C=O) groups excluding carboxylic acids is 2. The van der Waals surface area contributed by atoms with Gasteiger partial charge in [-0.15, -0.1) is 0 Å². The molecule has 154 valence electrons. The summed E-state index contributed by atoms with van der Waals surface area (Å²) in [6, 6.07) is 15.5. The van der Waals surface area contributed by atoms with Gasteiger partial charge in [-0.1, -0.05) is 43.3 Å². The maximum Gasteiger partial charge on any atom is 0.254 e. The minimum atomic E-state index is -0.252. The summed E-state index contributed by atoms with van der Waals surface area (Å²) in [6.45, 7) is 4.92. The van der Waals surface area contributed by atoms with Crippen molar-refractivity contribution in [2.75, 3.05) is 18.4 Å². The molecular formula is C24H26N4O2. The summed E-state index contributed by atoms with van der Waals surface area (Å²) in [5, 5.41) is 4.91. The molecule has 2 aromatic carbocycles. The van der Waals surface area contributed by atoms with E-state index >= 15 is 0 Å². The summed E-state index contributed by atoms with van der Waals surface area (Å²) < 4.78 is 0. The van der Waals surface area contributed by atoms with Gasteiger partial charge in [-0.05, 0) is 43.0 Å². The van der Waals surface area contributed by atoms with Crippen molar-refractivity contribution in [2.45, 2.75) is 33.1 Å². The van der Waals surface area contributed by atoms with E-state index in [1.165, 1.54) is 0 Å². The summed E-state index contributed by atoms with van der Waals surface area (Å²) >= 11 is 0. The Bertz CT molecular complexity index is 1090. The van der Waals surface area contributed by atoms with Gasteiger partial charge in [-0.3, -0.25) is 9.59 Å². The molecule has 0 radical (unpaired) electrons. The predicted molar refractivity (Wildman–Crippen MR) is 117 cm³/mol. The van der Waals surface area contributed by atoms with Gasteiger partial charge in [0.25, 0.3) is 5.91 Å². The van der Waals surface area contributed by atoms with E-state index in [1.807, 2.05) is 62.4 Å². The highest BCUT2D eigenvalue weighted by atomic mass is 16.2. The number of piperidine rings is 1. The Morgan fingerprint density at radius 1 is 1.13 bits per heavy atom. The Balaban J connectivity index is 1.49. The van der Waals surface area contributed by atoms with Crippen molar-refractivity contribution in [1.82, 2.24) is 14.9 Å². The molecule has 1 aliphatic rings. The van der Waals surface area contributed by atoms with Crippen molar-refractivity contribution in [2.24, 2.45) is 5.92 Å². The lowest BCUT2D eigenvalue weighted by Crippen LogP contribution is -2.43. The molecule has 6 heteroatoms. The number of rotatable bonds is 4. The van der Waals surface area contributed by atoms with Gasteiger partial charge in [0, 0.05) is 30.4 Å². The number of nitrogens with zero attached hydrogens (tertiary/aromatic N) is 3. The number of likely N-dealkylation sites (tertiary alicyclic amines) is 1. The predicted octanol–water partition coefficient (Wildman–Crippen LogP) is 3.99. The van der Waals surface area contributed by atoms with Crippen LogP contribution in [0.4, 0.5) is 5.82 Å².